The molecule has 102 valence electrons. The zero-order valence-corrected chi connectivity index (χ0v) is 12.4. The Morgan fingerprint density at radius 1 is 1.05 bits per heavy atom. The van der Waals surface area contributed by atoms with Crippen LogP contribution in [0.15, 0.2) is 52.9 Å². The number of fused-ring (bicyclic) bond motifs is 1. The first-order valence-corrected chi connectivity index (χ1v) is 7.06. The van der Waals surface area contributed by atoms with Gasteiger partial charge in [-0.1, -0.05) is 53.5 Å². The van der Waals surface area contributed by atoms with Gasteiger partial charge in [0.1, 0.15) is 11.3 Å². The van der Waals surface area contributed by atoms with Gasteiger partial charge in [-0.05, 0) is 30.8 Å². The third kappa shape index (κ3) is 2.31. The molecule has 1 atom stereocenters. The Labute approximate surface area is 127 Å². The number of furan rings is 1. The predicted octanol–water partition coefficient (Wildman–Crippen LogP) is 5.05. The molecule has 0 spiro atoms. The lowest BCUT2D eigenvalue weighted by molar-refractivity contribution is 0.492. The molecule has 0 fully saturated rings. The van der Waals surface area contributed by atoms with E-state index in [1.807, 2.05) is 49.5 Å². The van der Waals surface area contributed by atoms with Crippen molar-refractivity contribution in [2.24, 2.45) is 0 Å². The van der Waals surface area contributed by atoms with Gasteiger partial charge in [0, 0.05) is 5.39 Å². The average molecular weight is 306 g/mol. The highest BCUT2D eigenvalue weighted by atomic mass is 35.5. The summed E-state index contributed by atoms with van der Waals surface area (Å²) < 4.78 is 5.91. The van der Waals surface area contributed by atoms with Gasteiger partial charge in [0.25, 0.3) is 0 Å². The Balaban J connectivity index is 2.11. The molecular formula is C16H13Cl2NO. The molecule has 1 heterocycles. The summed E-state index contributed by atoms with van der Waals surface area (Å²) >= 11 is 12.4. The number of hydrogen-bond acceptors (Lipinski definition) is 2. The zero-order chi connectivity index (χ0) is 14.1. The average Bonchev–Trinajstić information content (AvgIpc) is 2.87. The van der Waals surface area contributed by atoms with Crippen LogP contribution in [-0.2, 0) is 0 Å². The van der Waals surface area contributed by atoms with E-state index in [0.29, 0.717) is 10.0 Å². The van der Waals surface area contributed by atoms with E-state index >= 15 is 0 Å². The van der Waals surface area contributed by atoms with Gasteiger partial charge in [0.15, 0.2) is 0 Å². The number of benzene rings is 2. The molecule has 0 aliphatic carbocycles. The molecule has 3 aromatic rings. The topological polar surface area (TPSA) is 25.2 Å². The Morgan fingerprint density at radius 3 is 2.60 bits per heavy atom. The summed E-state index contributed by atoms with van der Waals surface area (Å²) in [6.07, 6.45) is 0. The van der Waals surface area contributed by atoms with E-state index in [2.05, 4.69) is 5.32 Å². The molecule has 20 heavy (non-hydrogen) atoms. The van der Waals surface area contributed by atoms with Crippen molar-refractivity contribution in [3.8, 4) is 0 Å². The van der Waals surface area contributed by atoms with Crippen LogP contribution in [-0.4, -0.2) is 7.05 Å². The fourth-order valence-corrected chi connectivity index (χ4v) is 2.76. The van der Waals surface area contributed by atoms with Crippen molar-refractivity contribution in [3.05, 3.63) is 69.9 Å². The van der Waals surface area contributed by atoms with Crippen LogP contribution in [0.4, 0.5) is 0 Å². The number of para-hydroxylation sites is 1. The van der Waals surface area contributed by atoms with E-state index in [1.54, 1.807) is 6.07 Å². The standard InChI is InChI=1S/C16H13Cl2NO/c1-19-16(11-6-4-7-12(17)15(11)18)14-9-10-5-2-3-8-13(10)20-14/h2-9,16,19H,1H3. The lowest BCUT2D eigenvalue weighted by atomic mass is 10.0. The highest BCUT2D eigenvalue weighted by Gasteiger charge is 2.20. The number of rotatable bonds is 3. The van der Waals surface area contributed by atoms with Crippen LogP contribution in [0.25, 0.3) is 11.0 Å². The van der Waals surface area contributed by atoms with E-state index in [9.17, 15) is 0 Å². The number of hydrogen-bond donors (Lipinski definition) is 1. The maximum atomic E-state index is 6.30. The molecular weight excluding hydrogens is 293 g/mol. The third-order valence-electron chi connectivity index (χ3n) is 3.31. The van der Waals surface area contributed by atoms with Crippen molar-refractivity contribution in [1.29, 1.82) is 0 Å². The summed E-state index contributed by atoms with van der Waals surface area (Å²) in [6.45, 7) is 0. The molecule has 0 saturated heterocycles. The summed E-state index contributed by atoms with van der Waals surface area (Å²) in [6, 6.07) is 15.4. The Bertz CT molecular complexity index is 718. The normalized spacial score (nSPS) is 12.8. The van der Waals surface area contributed by atoms with Crippen LogP contribution in [0.1, 0.15) is 17.4 Å². The third-order valence-corrected chi connectivity index (χ3v) is 4.14. The maximum Gasteiger partial charge on any atom is 0.134 e. The Kier molecular flexibility index (Phi) is 3.70. The number of nitrogens with one attached hydrogen (secondary N) is 1. The zero-order valence-electron chi connectivity index (χ0n) is 10.9. The molecule has 0 aliphatic heterocycles. The van der Waals surface area contributed by atoms with Gasteiger partial charge < -0.3 is 9.73 Å². The van der Waals surface area contributed by atoms with Gasteiger partial charge in [-0.2, -0.15) is 0 Å². The van der Waals surface area contributed by atoms with Crippen LogP contribution >= 0.6 is 23.2 Å². The Morgan fingerprint density at radius 2 is 1.85 bits per heavy atom. The van der Waals surface area contributed by atoms with Crippen LogP contribution < -0.4 is 5.32 Å². The van der Waals surface area contributed by atoms with E-state index < -0.39 is 0 Å². The fraction of sp³-hybridized carbons (Fsp3) is 0.125. The summed E-state index contributed by atoms with van der Waals surface area (Å²) in [5.74, 6) is 0.817. The molecule has 4 heteroatoms. The predicted molar refractivity (Wildman–Crippen MR) is 83.6 cm³/mol. The molecule has 0 bridgehead atoms. The fourth-order valence-electron chi connectivity index (χ4n) is 2.34. The molecule has 0 saturated carbocycles. The molecule has 2 aromatic carbocycles. The second kappa shape index (κ2) is 5.49. The van der Waals surface area contributed by atoms with Crippen molar-refractivity contribution in [2.45, 2.75) is 6.04 Å². The molecule has 0 radical (unpaired) electrons. The first kappa shape index (κ1) is 13.5. The van der Waals surface area contributed by atoms with Crippen molar-refractivity contribution in [1.82, 2.24) is 5.32 Å². The monoisotopic (exact) mass is 305 g/mol. The lowest BCUT2D eigenvalue weighted by Crippen LogP contribution is -2.17. The van der Waals surface area contributed by atoms with E-state index in [4.69, 9.17) is 27.6 Å². The molecule has 2 nitrogen and oxygen atoms in total. The van der Waals surface area contributed by atoms with Crippen molar-refractivity contribution in [3.63, 3.8) is 0 Å². The van der Waals surface area contributed by atoms with Gasteiger partial charge >= 0.3 is 0 Å². The van der Waals surface area contributed by atoms with Crippen molar-refractivity contribution >= 4 is 34.2 Å². The number of halogens is 2. The summed E-state index contributed by atoms with van der Waals surface area (Å²) in [7, 11) is 1.87. The molecule has 1 aromatic heterocycles. The Hall–Kier alpha value is -1.48. The van der Waals surface area contributed by atoms with Gasteiger partial charge in [-0.15, -0.1) is 0 Å². The van der Waals surface area contributed by atoms with E-state index in [1.165, 1.54) is 0 Å². The largest absolute Gasteiger partial charge is 0.459 e. The second-order valence-corrected chi connectivity index (χ2v) is 5.34. The molecule has 1 N–H and O–H groups in total. The quantitative estimate of drug-likeness (QED) is 0.732. The van der Waals surface area contributed by atoms with Crippen LogP contribution in [0.5, 0.6) is 0 Å². The van der Waals surface area contributed by atoms with Gasteiger partial charge in [0.05, 0.1) is 16.1 Å². The summed E-state index contributed by atoms with van der Waals surface area (Å²) in [5, 5.41) is 5.39. The molecule has 0 amide bonds. The summed E-state index contributed by atoms with van der Waals surface area (Å²) in [4.78, 5) is 0. The minimum absolute atomic E-state index is 0.131. The van der Waals surface area contributed by atoms with Crippen LogP contribution in [0.3, 0.4) is 0 Å². The first-order valence-electron chi connectivity index (χ1n) is 6.30. The highest BCUT2D eigenvalue weighted by molar-refractivity contribution is 6.42. The van der Waals surface area contributed by atoms with Gasteiger partial charge in [-0.25, -0.2) is 0 Å². The van der Waals surface area contributed by atoms with E-state index in [-0.39, 0.29) is 6.04 Å². The second-order valence-electron chi connectivity index (χ2n) is 4.55. The SMILES string of the molecule is CNC(c1cc2ccccc2o1)c1cccc(Cl)c1Cl. The summed E-state index contributed by atoms with van der Waals surface area (Å²) in [5.41, 5.74) is 1.77. The van der Waals surface area contributed by atoms with Crippen molar-refractivity contribution in [2.75, 3.05) is 7.05 Å². The molecule has 3 rings (SSSR count). The van der Waals surface area contributed by atoms with Gasteiger partial charge in [0.2, 0.25) is 0 Å². The van der Waals surface area contributed by atoms with Crippen molar-refractivity contribution < 1.29 is 4.42 Å². The minimum Gasteiger partial charge on any atom is -0.459 e. The van der Waals surface area contributed by atoms with Crippen LogP contribution in [0, 0.1) is 0 Å². The van der Waals surface area contributed by atoms with E-state index in [0.717, 1.165) is 22.3 Å². The molecule has 0 aliphatic rings. The smallest absolute Gasteiger partial charge is 0.134 e. The van der Waals surface area contributed by atoms with Crippen LogP contribution in [0.2, 0.25) is 10.0 Å². The van der Waals surface area contributed by atoms with Gasteiger partial charge in [-0.3, -0.25) is 0 Å². The lowest BCUT2D eigenvalue weighted by Gasteiger charge is -2.16. The minimum atomic E-state index is -0.131. The maximum absolute atomic E-state index is 6.30. The molecule has 1 unspecified atom stereocenters. The first-order chi connectivity index (χ1) is 9.70. The highest BCUT2D eigenvalue weighted by Crippen LogP contribution is 2.34.